The van der Waals surface area contributed by atoms with E-state index in [0.29, 0.717) is 28.8 Å². The van der Waals surface area contributed by atoms with E-state index >= 15 is 0 Å². The number of amides is 1. The van der Waals surface area contributed by atoms with E-state index in [1.54, 1.807) is 24.1 Å². The van der Waals surface area contributed by atoms with E-state index in [-0.39, 0.29) is 11.5 Å². The second-order valence-electron chi connectivity index (χ2n) is 8.18. The standard InChI is InChI=1S/C25H18BrF2N3O2/c1-33-15-4-6-20-17(12-15)16-8-9-30-24(23(16)29-20)31(22-11-14(28)2-5-19(22)26)21-7-3-13(27)10-18(21)25(30)32/h2-7,10-12,24,29H,8-9H2,1H3. The molecule has 2 aliphatic heterocycles. The molecule has 1 unspecified atom stereocenters. The van der Waals surface area contributed by atoms with Crippen LogP contribution in [0.25, 0.3) is 10.9 Å². The summed E-state index contributed by atoms with van der Waals surface area (Å²) in [5.41, 5.74) is 4.19. The number of carbonyl (C=O) groups is 1. The third kappa shape index (κ3) is 2.97. The van der Waals surface area contributed by atoms with E-state index in [0.717, 1.165) is 27.9 Å². The molecule has 0 aliphatic carbocycles. The van der Waals surface area contributed by atoms with Crippen LogP contribution < -0.4 is 9.64 Å². The average Bonchev–Trinajstić information content (AvgIpc) is 3.19. The number of fused-ring (bicyclic) bond motifs is 6. The number of hydrogen-bond donors (Lipinski definition) is 1. The Morgan fingerprint density at radius 1 is 1.03 bits per heavy atom. The Kier molecular flexibility index (Phi) is 4.48. The van der Waals surface area contributed by atoms with Gasteiger partial charge in [-0.15, -0.1) is 0 Å². The van der Waals surface area contributed by atoms with Gasteiger partial charge in [-0.05, 0) is 82.5 Å². The largest absolute Gasteiger partial charge is 0.497 e. The van der Waals surface area contributed by atoms with E-state index in [2.05, 4.69) is 20.9 Å². The molecule has 0 spiro atoms. The van der Waals surface area contributed by atoms with Gasteiger partial charge in [0.1, 0.15) is 17.4 Å². The number of rotatable bonds is 2. The molecule has 3 heterocycles. The Morgan fingerprint density at radius 2 is 1.82 bits per heavy atom. The zero-order valence-corrected chi connectivity index (χ0v) is 19.1. The lowest BCUT2D eigenvalue weighted by Gasteiger charge is -2.47. The minimum Gasteiger partial charge on any atom is -0.497 e. The number of anilines is 2. The van der Waals surface area contributed by atoms with Crippen molar-refractivity contribution >= 4 is 44.1 Å². The summed E-state index contributed by atoms with van der Waals surface area (Å²) in [6, 6.07) is 14.4. The quantitative estimate of drug-likeness (QED) is 0.357. The van der Waals surface area contributed by atoms with Crippen molar-refractivity contribution < 1.29 is 18.3 Å². The zero-order valence-electron chi connectivity index (χ0n) is 17.5. The number of ether oxygens (including phenoxy) is 1. The molecule has 5 nitrogen and oxygen atoms in total. The van der Waals surface area contributed by atoms with Gasteiger partial charge in [-0.3, -0.25) is 4.79 Å². The number of H-pyrrole nitrogens is 1. The smallest absolute Gasteiger partial charge is 0.258 e. The van der Waals surface area contributed by atoms with Crippen molar-refractivity contribution in [3.63, 3.8) is 0 Å². The summed E-state index contributed by atoms with van der Waals surface area (Å²) in [5.74, 6) is -0.399. The molecule has 33 heavy (non-hydrogen) atoms. The van der Waals surface area contributed by atoms with Gasteiger partial charge in [0, 0.05) is 21.9 Å². The van der Waals surface area contributed by atoms with Gasteiger partial charge in [0.2, 0.25) is 0 Å². The highest BCUT2D eigenvalue weighted by atomic mass is 79.9. The van der Waals surface area contributed by atoms with Gasteiger partial charge < -0.3 is 19.5 Å². The molecule has 0 radical (unpaired) electrons. The summed E-state index contributed by atoms with van der Waals surface area (Å²) in [7, 11) is 1.63. The van der Waals surface area contributed by atoms with Crippen molar-refractivity contribution in [2.24, 2.45) is 0 Å². The normalized spacial score (nSPS) is 17.1. The first-order valence-corrected chi connectivity index (χ1v) is 11.3. The number of aromatic nitrogens is 1. The molecule has 4 aromatic rings. The highest BCUT2D eigenvalue weighted by Gasteiger charge is 2.44. The third-order valence-corrected chi connectivity index (χ3v) is 7.09. The predicted molar refractivity (Wildman–Crippen MR) is 125 cm³/mol. The molecule has 166 valence electrons. The molecule has 1 N–H and O–H groups in total. The zero-order chi connectivity index (χ0) is 22.9. The lowest BCUT2D eigenvalue weighted by Crippen LogP contribution is -2.50. The van der Waals surface area contributed by atoms with Crippen LogP contribution >= 0.6 is 15.9 Å². The second-order valence-corrected chi connectivity index (χ2v) is 9.03. The molecule has 2 aliphatic rings. The Bertz CT molecular complexity index is 1450. The average molecular weight is 510 g/mol. The van der Waals surface area contributed by atoms with Crippen molar-refractivity contribution in [3.05, 3.63) is 87.5 Å². The second kappa shape index (κ2) is 7.31. The minimum absolute atomic E-state index is 0.250. The molecule has 0 saturated carbocycles. The molecular formula is C25H18BrF2N3O2. The summed E-state index contributed by atoms with van der Waals surface area (Å²) >= 11 is 3.54. The van der Waals surface area contributed by atoms with E-state index in [1.807, 2.05) is 23.1 Å². The highest BCUT2D eigenvalue weighted by Crippen LogP contribution is 2.49. The molecule has 1 amide bonds. The number of nitrogens with zero attached hydrogens (tertiary/aromatic N) is 2. The van der Waals surface area contributed by atoms with Crippen LogP contribution in [-0.4, -0.2) is 29.4 Å². The van der Waals surface area contributed by atoms with Crippen LogP contribution in [0.1, 0.15) is 27.8 Å². The lowest BCUT2D eigenvalue weighted by atomic mass is 9.95. The molecule has 3 aromatic carbocycles. The number of methoxy groups -OCH3 is 1. The first-order valence-electron chi connectivity index (χ1n) is 10.5. The number of nitrogens with one attached hydrogen (secondary N) is 1. The van der Waals surface area contributed by atoms with Crippen molar-refractivity contribution in [2.45, 2.75) is 12.6 Å². The van der Waals surface area contributed by atoms with Gasteiger partial charge >= 0.3 is 0 Å². The van der Waals surface area contributed by atoms with Crippen LogP contribution in [0.5, 0.6) is 5.75 Å². The van der Waals surface area contributed by atoms with Gasteiger partial charge in [-0.25, -0.2) is 8.78 Å². The maximum atomic E-state index is 14.4. The van der Waals surface area contributed by atoms with E-state index in [9.17, 15) is 13.6 Å². The number of aromatic amines is 1. The summed E-state index contributed by atoms with van der Waals surface area (Å²) < 4.78 is 34.6. The van der Waals surface area contributed by atoms with E-state index in [4.69, 9.17) is 4.74 Å². The van der Waals surface area contributed by atoms with Crippen LogP contribution in [0.15, 0.2) is 59.1 Å². The third-order valence-electron chi connectivity index (χ3n) is 6.42. The van der Waals surface area contributed by atoms with Crippen LogP contribution in [0, 0.1) is 11.6 Å². The summed E-state index contributed by atoms with van der Waals surface area (Å²) in [6.07, 6.45) is 0.0868. The van der Waals surface area contributed by atoms with Gasteiger partial charge in [-0.1, -0.05) is 0 Å². The fourth-order valence-corrected chi connectivity index (χ4v) is 5.40. The maximum Gasteiger partial charge on any atom is 0.258 e. The summed E-state index contributed by atoms with van der Waals surface area (Å²) in [5, 5.41) is 1.03. The van der Waals surface area contributed by atoms with Crippen molar-refractivity contribution in [1.29, 1.82) is 0 Å². The Labute approximate surface area is 196 Å². The summed E-state index contributed by atoms with van der Waals surface area (Å²) in [6.45, 7) is 0.444. The highest BCUT2D eigenvalue weighted by molar-refractivity contribution is 9.10. The van der Waals surface area contributed by atoms with Gasteiger partial charge in [0.25, 0.3) is 5.91 Å². The monoisotopic (exact) mass is 509 g/mol. The van der Waals surface area contributed by atoms with E-state index in [1.165, 1.54) is 24.3 Å². The molecule has 0 fully saturated rings. The van der Waals surface area contributed by atoms with Crippen LogP contribution in [-0.2, 0) is 6.42 Å². The predicted octanol–water partition coefficient (Wildman–Crippen LogP) is 6.07. The van der Waals surface area contributed by atoms with E-state index < -0.39 is 17.8 Å². The van der Waals surface area contributed by atoms with Crippen molar-refractivity contribution in [1.82, 2.24) is 9.88 Å². The number of halogens is 3. The number of benzene rings is 3. The minimum atomic E-state index is -0.546. The Balaban J connectivity index is 1.64. The van der Waals surface area contributed by atoms with Crippen molar-refractivity contribution in [3.8, 4) is 5.75 Å². The molecule has 1 atom stereocenters. The molecule has 8 heteroatoms. The Hall–Kier alpha value is -3.39. The summed E-state index contributed by atoms with van der Waals surface area (Å²) in [4.78, 5) is 20.6. The number of hydrogen-bond acceptors (Lipinski definition) is 3. The molecular weight excluding hydrogens is 492 g/mol. The fourth-order valence-electron chi connectivity index (χ4n) is 4.96. The van der Waals surface area contributed by atoms with Crippen LogP contribution in [0.3, 0.4) is 0 Å². The first-order chi connectivity index (χ1) is 16.0. The van der Waals surface area contributed by atoms with Gasteiger partial charge in [0.05, 0.1) is 29.7 Å². The van der Waals surface area contributed by atoms with Crippen LogP contribution in [0.4, 0.5) is 20.2 Å². The van der Waals surface area contributed by atoms with Crippen LogP contribution in [0.2, 0.25) is 0 Å². The SMILES string of the molecule is COc1ccc2[nH]c3c(c2c1)CCN1C(=O)c2cc(F)ccc2N(c2cc(F)ccc2Br)C31. The Morgan fingerprint density at radius 3 is 2.64 bits per heavy atom. The molecule has 0 bridgehead atoms. The topological polar surface area (TPSA) is 48.6 Å². The first kappa shape index (κ1) is 20.2. The van der Waals surface area contributed by atoms with Gasteiger partial charge in [-0.2, -0.15) is 0 Å². The lowest BCUT2D eigenvalue weighted by molar-refractivity contribution is 0.0641. The molecule has 6 rings (SSSR count). The number of carbonyl (C=O) groups excluding carboxylic acids is 1. The fraction of sp³-hybridized carbons (Fsp3) is 0.160. The van der Waals surface area contributed by atoms with Gasteiger partial charge in [0.15, 0.2) is 6.17 Å². The maximum absolute atomic E-state index is 14.4. The molecule has 0 saturated heterocycles. The molecule has 1 aromatic heterocycles. The van der Waals surface area contributed by atoms with Crippen molar-refractivity contribution in [2.75, 3.05) is 18.6 Å².